The average Bonchev–Trinajstić information content (AvgIpc) is 3.35. The number of nitrogens with zero attached hydrogens (tertiary/aromatic N) is 2. The molecule has 1 atom stereocenters. The maximum atomic E-state index is 14.0. The zero-order chi connectivity index (χ0) is 26.4. The molecule has 0 fully saturated rings. The van der Waals surface area contributed by atoms with Crippen molar-refractivity contribution < 1.29 is 23.8 Å². The first-order valence-electron chi connectivity index (χ1n) is 12.0. The van der Waals surface area contributed by atoms with Crippen LogP contribution in [0, 0.1) is 12.7 Å². The van der Waals surface area contributed by atoms with Crippen LogP contribution in [0.25, 0.3) is 16.9 Å². The van der Waals surface area contributed by atoms with Gasteiger partial charge in [0.15, 0.2) is 0 Å². The lowest BCUT2D eigenvalue weighted by Crippen LogP contribution is -2.31. The van der Waals surface area contributed by atoms with E-state index in [9.17, 15) is 14.3 Å². The molecule has 2 N–H and O–H groups in total. The lowest BCUT2D eigenvalue weighted by Gasteiger charge is -2.18. The first kappa shape index (κ1) is 25.9. The number of carbonyl (C=O) groups is 1. The molecule has 1 amide bonds. The number of carbonyl (C=O) groups excluding carboxylic acids is 1. The van der Waals surface area contributed by atoms with Crippen LogP contribution < -0.4 is 14.8 Å². The minimum Gasteiger partial charge on any atom is -0.497 e. The van der Waals surface area contributed by atoms with Crippen molar-refractivity contribution in [2.24, 2.45) is 0 Å². The highest BCUT2D eigenvalue weighted by Crippen LogP contribution is 2.27. The van der Waals surface area contributed by atoms with E-state index >= 15 is 0 Å². The summed E-state index contributed by atoms with van der Waals surface area (Å²) in [5.41, 5.74) is 4.57. The van der Waals surface area contributed by atoms with Crippen LogP contribution in [-0.4, -0.2) is 41.6 Å². The Bertz CT molecular complexity index is 1370. The smallest absolute Gasteiger partial charge is 0.220 e. The fourth-order valence-electron chi connectivity index (χ4n) is 4.19. The summed E-state index contributed by atoms with van der Waals surface area (Å²) in [5.74, 6) is 0.905. The van der Waals surface area contributed by atoms with Gasteiger partial charge >= 0.3 is 0 Å². The number of nitrogens with one attached hydrogen (secondary N) is 1. The Morgan fingerprint density at radius 3 is 2.49 bits per heavy atom. The van der Waals surface area contributed by atoms with Gasteiger partial charge in [-0.1, -0.05) is 24.3 Å². The number of amides is 1. The van der Waals surface area contributed by atoms with Gasteiger partial charge in [-0.15, -0.1) is 0 Å². The van der Waals surface area contributed by atoms with Gasteiger partial charge in [0, 0.05) is 18.4 Å². The van der Waals surface area contributed by atoms with Gasteiger partial charge in [-0.2, -0.15) is 5.10 Å². The van der Waals surface area contributed by atoms with E-state index in [1.807, 2.05) is 61.5 Å². The predicted octanol–water partition coefficient (Wildman–Crippen LogP) is 4.79. The van der Waals surface area contributed by atoms with Gasteiger partial charge in [0.1, 0.15) is 17.3 Å². The summed E-state index contributed by atoms with van der Waals surface area (Å²) < 4.78 is 26.3. The molecule has 4 aromatic rings. The van der Waals surface area contributed by atoms with Crippen LogP contribution in [0.4, 0.5) is 4.39 Å². The zero-order valence-electron chi connectivity index (χ0n) is 21.1. The van der Waals surface area contributed by atoms with Crippen molar-refractivity contribution in [3.63, 3.8) is 0 Å². The molecule has 0 aliphatic carbocycles. The van der Waals surface area contributed by atoms with E-state index in [2.05, 4.69) is 5.32 Å². The molecule has 1 heterocycles. The minimum atomic E-state index is -0.531. The summed E-state index contributed by atoms with van der Waals surface area (Å²) in [6.45, 7) is 1.68. The van der Waals surface area contributed by atoms with Crippen molar-refractivity contribution in [1.82, 2.24) is 15.1 Å². The Morgan fingerprint density at radius 2 is 1.84 bits per heavy atom. The van der Waals surface area contributed by atoms with Crippen LogP contribution in [0.5, 0.6) is 11.5 Å². The molecule has 192 valence electrons. The van der Waals surface area contributed by atoms with E-state index in [4.69, 9.17) is 14.6 Å². The number of aromatic nitrogens is 2. The van der Waals surface area contributed by atoms with E-state index < -0.39 is 6.04 Å². The summed E-state index contributed by atoms with van der Waals surface area (Å²) in [5, 5.41) is 17.5. The predicted molar refractivity (Wildman–Crippen MR) is 140 cm³/mol. The molecule has 1 aromatic heterocycles. The van der Waals surface area contributed by atoms with Gasteiger partial charge in [-0.25, -0.2) is 9.07 Å². The van der Waals surface area contributed by atoms with Crippen LogP contribution >= 0.6 is 0 Å². The van der Waals surface area contributed by atoms with Crippen molar-refractivity contribution in [2.75, 3.05) is 20.8 Å². The lowest BCUT2D eigenvalue weighted by atomic mass is 10.0. The molecule has 0 spiro atoms. The number of aliphatic hydroxyl groups is 1. The topological polar surface area (TPSA) is 85.6 Å². The molecule has 4 rings (SSSR count). The molecule has 7 nitrogen and oxygen atoms in total. The second kappa shape index (κ2) is 11.7. The summed E-state index contributed by atoms with van der Waals surface area (Å²) in [7, 11) is 3.20. The summed E-state index contributed by atoms with van der Waals surface area (Å²) in [6, 6.07) is 20.6. The highest BCUT2D eigenvalue weighted by Gasteiger charge is 2.17. The lowest BCUT2D eigenvalue weighted by molar-refractivity contribution is -0.122. The van der Waals surface area contributed by atoms with Crippen LogP contribution in [-0.2, 0) is 11.2 Å². The second-order valence-corrected chi connectivity index (χ2v) is 8.67. The van der Waals surface area contributed by atoms with E-state index in [1.165, 1.54) is 12.1 Å². The third-order valence-electron chi connectivity index (χ3n) is 6.14. The number of ether oxygens (including phenoxy) is 2. The van der Waals surface area contributed by atoms with Crippen molar-refractivity contribution in [1.29, 1.82) is 0 Å². The number of aryl methyl sites for hydroxylation is 2. The zero-order valence-corrected chi connectivity index (χ0v) is 21.1. The van der Waals surface area contributed by atoms with Crippen molar-refractivity contribution in [3.8, 4) is 28.4 Å². The fraction of sp³-hybridized carbons (Fsp3) is 0.241. The number of hydrogen-bond donors (Lipinski definition) is 2. The first-order valence-corrected chi connectivity index (χ1v) is 12.0. The van der Waals surface area contributed by atoms with Gasteiger partial charge in [-0.3, -0.25) is 4.79 Å². The van der Waals surface area contributed by atoms with Crippen LogP contribution in [0.15, 0.2) is 72.8 Å². The van der Waals surface area contributed by atoms with Gasteiger partial charge in [-0.05, 0) is 66.6 Å². The highest BCUT2D eigenvalue weighted by atomic mass is 19.1. The SMILES string of the molecule is COc1ccc(-n2nc(CCC(=O)NC(CO)c3ccc(OC)c(C)c3)cc2-c2cccc(F)c2)cc1. The maximum absolute atomic E-state index is 14.0. The summed E-state index contributed by atoms with van der Waals surface area (Å²) in [4.78, 5) is 12.8. The third-order valence-corrected chi connectivity index (χ3v) is 6.14. The summed E-state index contributed by atoms with van der Waals surface area (Å²) in [6.07, 6.45) is 0.547. The van der Waals surface area contributed by atoms with E-state index in [1.54, 1.807) is 25.0 Å². The van der Waals surface area contributed by atoms with E-state index in [0.717, 1.165) is 22.6 Å². The van der Waals surface area contributed by atoms with Crippen LogP contribution in [0.2, 0.25) is 0 Å². The number of aliphatic hydroxyl groups excluding tert-OH is 1. The highest BCUT2D eigenvalue weighted by molar-refractivity contribution is 5.77. The van der Waals surface area contributed by atoms with E-state index in [0.29, 0.717) is 29.1 Å². The van der Waals surface area contributed by atoms with Gasteiger partial charge in [0.05, 0.1) is 43.9 Å². The molecule has 8 heteroatoms. The molecule has 0 bridgehead atoms. The Kier molecular flexibility index (Phi) is 8.20. The Labute approximate surface area is 215 Å². The fourth-order valence-corrected chi connectivity index (χ4v) is 4.19. The Hall–Kier alpha value is -4.17. The standard InChI is InChI=1S/C29H30FN3O4/c1-19-15-20(7-13-28(19)37-3)26(18-34)31-29(35)14-8-23-17-27(21-5-4-6-22(30)16-21)33(32-23)24-9-11-25(36-2)12-10-24/h4-7,9-13,15-17,26,34H,8,14,18H2,1-3H3,(H,31,35). The summed E-state index contributed by atoms with van der Waals surface area (Å²) >= 11 is 0. The molecular formula is C29H30FN3O4. The van der Waals surface area contributed by atoms with Crippen molar-refractivity contribution in [3.05, 3.63) is 95.4 Å². The molecule has 0 aliphatic rings. The molecule has 0 saturated carbocycles. The number of rotatable bonds is 10. The minimum absolute atomic E-state index is 0.174. The molecule has 0 aliphatic heterocycles. The third kappa shape index (κ3) is 6.16. The second-order valence-electron chi connectivity index (χ2n) is 8.67. The Morgan fingerprint density at radius 1 is 1.05 bits per heavy atom. The molecule has 3 aromatic carbocycles. The normalized spacial score (nSPS) is 11.7. The molecule has 1 unspecified atom stereocenters. The first-order chi connectivity index (χ1) is 17.9. The van der Waals surface area contributed by atoms with Crippen molar-refractivity contribution >= 4 is 5.91 Å². The number of benzene rings is 3. The Balaban J connectivity index is 1.52. The van der Waals surface area contributed by atoms with Gasteiger partial charge < -0.3 is 19.9 Å². The van der Waals surface area contributed by atoms with Crippen molar-refractivity contribution in [2.45, 2.75) is 25.8 Å². The molecule has 0 saturated heterocycles. The quantitative estimate of drug-likeness (QED) is 0.325. The van der Waals surface area contributed by atoms with Crippen LogP contribution in [0.1, 0.15) is 29.3 Å². The van der Waals surface area contributed by atoms with Gasteiger partial charge in [0.2, 0.25) is 5.91 Å². The number of halogens is 1. The van der Waals surface area contributed by atoms with Crippen LogP contribution in [0.3, 0.4) is 0 Å². The average molecular weight is 504 g/mol. The van der Waals surface area contributed by atoms with Gasteiger partial charge in [0.25, 0.3) is 0 Å². The van der Waals surface area contributed by atoms with E-state index in [-0.39, 0.29) is 24.8 Å². The number of methoxy groups -OCH3 is 2. The monoisotopic (exact) mass is 503 g/mol. The molecule has 37 heavy (non-hydrogen) atoms. The number of hydrogen-bond acceptors (Lipinski definition) is 5. The molecular weight excluding hydrogens is 473 g/mol. The largest absolute Gasteiger partial charge is 0.497 e. The molecule has 0 radical (unpaired) electrons. The maximum Gasteiger partial charge on any atom is 0.220 e.